The summed E-state index contributed by atoms with van der Waals surface area (Å²) in [6.07, 6.45) is 3.18. The number of carbonyl (C=O) groups is 2. The molecular weight excluding hydrogens is 324 g/mol. The van der Waals surface area contributed by atoms with Gasteiger partial charge in [-0.05, 0) is 38.3 Å². The molecule has 0 spiro atoms. The van der Waals surface area contributed by atoms with Gasteiger partial charge in [0.2, 0.25) is 11.7 Å². The fourth-order valence-corrected chi connectivity index (χ4v) is 2.94. The van der Waals surface area contributed by atoms with Crippen LogP contribution in [0.4, 0.5) is 0 Å². The number of amides is 2. The Balaban J connectivity index is 2.12. The largest absolute Gasteiger partial charge is 0.493 e. The van der Waals surface area contributed by atoms with Crippen LogP contribution in [0.2, 0.25) is 0 Å². The molecule has 1 aromatic carbocycles. The van der Waals surface area contributed by atoms with E-state index in [1.807, 2.05) is 4.90 Å². The average molecular weight is 350 g/mol. The zero-order valence-corrected chi connectivity index (χ0v) is 15.3. The predicted molar refractivity (Wildman–Crippen MR) is 93.5 cm³/mol. The molecule has 1 atom stereocenters. The molecule has 1 heterocycles. The number of hydrogen-bond acceptors (Lipinski definition) is 5. The highest BCUT2D eigenvalue weighted by molar-refractivity contribution is 5.98. The first-order chi connectivity index (χ1) is 12.0. The Bertz CT molecular complexity index is 601. The maximum atomic E-state index is 12.5. The summed E-state index contributed by atoms with van der Waals surface area (Å²) in [6.45, 7) is 3.21. The third-order valence-corrected chi connectivity index (χ3v) is 4.31. The molecule has 1 aliphatic heterocycles. The number of piperidine rings is 1. The lowest BCUT2D eigenvalue weighted by Gasteiger charge is -2.29. The van der Waals surface area contributed by atoms with Gasteiger partial charge in [0.15, 0.2) is 11.5 Å². The van der Waals surface area contributed by atoms with Gasteiger partial charge in [0.1, 0.15) is 6.04 Å². The lowest BCUT2D eigenvalue weighted by molar-refractivity contribution is -0.133. The maximum Gasteiger partial charge on any atom is 0.252 e. The Morgan fingerprint density at radius 1 is 1.00 bits per heavy atom. The third kappa shape index (κ3) is 4.35. The third-order valence-electron chi connectivity index (χ3n) is 4.31. The molecule has 7 heteroatoms. The molecule has 0 aromatic heterocycles. The maximum absolute atomic E-state index is 12.5. The van der Waals surface area contributed by atoms with Crippen LogP contribution in [0.3, 0.4) is 0 Å². The van der Waals surface area contributed by atoms with Gasteiger partial charge >= 0.3 is 0 Å². The summed E-state index contributed by atoms with van der Waals surface area (Å²) < 4.78 is 15.8. The number of ether oxygens (including phenoxy) is 3. The van der Waals surface area contributed by atoms with Crippen LogP contribution in [0, 0.1) is 0 Å². The van der Waals surface area contributed by atoms with Crippen LogP contribution in [0.25, 0.3) is 0 Å². The van der Waals surface area contributed by atoms with Gasteiger partial charge in [-0.15, -0.1) is 0 Å². The van der Waals surface area contributed by atoms with Crippen molar-refractivity contribution in [2.45, 2.75) is 32.2 Å². The molecule has 1 aliphatic rings. The SMILES string of the molecule is COc1cc(C(=O)N[C@H](C)C(=O)N2CCCCC2)cc(OC)c1OC. The Labute approximate surface area is 148 Å². The molecule has 0 unspecified atom stereocenters. The Hall–Kier alpha value is -2.44. The Morgan fingerprint density at radius 2 is 1.56 bits per heavy atom. The standard InChI is InChI=1S/C18H26N2O5/c1-12(18(22)20-8-6-5-7-9-20)19-17(21)13-10-14(23-2)16(25-4)15(11-13)24-3/h10-12H,5-9H2,1-4H3,(H,19,21)/t12-/m1/s1. The summed E-state index contributed by atoms with van der Waals surface area (Å²) in [6, 6.07) is 2.54. The van der Waals surface area contributed by atoms with Crippen LogP contribution >= 0.6 is 0 Å². The molecule has 0 saturated carbocycles. The van der Waals surface area contributed by atoms with Crippen molar-refractivity contribution < 1.29 is 23.8 Å². The molecule has 2 amide bonds. The number of hydrogen-bond donors (Lipinski definition) is 1. The van der Waals surface area contributed by atoms with Gasteiger partial charge < -0.3 is 24.4 Å². The highest BCUT2D eigenvalue weighted by atomic mass is 16.5. The molecule has 0 aliphatic carbocycles. The summed E-state index contributed by atoms with van der Waals surface area (Å²) >= 11 is 0. The first-order valence-electron chi connectivity index (χ1n) is 8.41. The zero-order chi connectivity index (χ0) is 18.4. The number of nitrogens with zero attached hydrogens (tertiary/aromatic N) is 1. The lowest BCUT2D eigenvalue weighted by atomic mass is 10.1. The van der Waals surface area contributed by atoms with Gasteiger partial charge in [-0.25, -0.2) is 0 Å². The number of likely N-dealkylation sites (tertiary alicyclic amines) is 1. The average Bonchev–Trinajstić information content (AvgIpc) is 2.66. The fourth-order valence-electron chi connectivity index (χ4n) is 2.94. The van der Waals surface area contributed by atoms with E-state index in [1.54, 1.807) is 19.1 Å². The number of methoxy groups -OCH3 is 3. The van der Waals surface area contributed by atoms with Crippen molar-refractivity contribution in [3.8, 4) is 17.2 Å². The summed E-state index contributed by atoms with van der Waals surface area (Å²) in [4.78, 5) is 26.8. The lowest BCUT2D eigenvalue weighted by Crippen LogP contribution is -2.48. The van der Waals surface area contributed by atoms with Crippen LogP contribution < -0.4 is 19.5 Å². The topological polar surface area (TPSA) is 77.1 Å². The van der Waals surface area contributed by atoms with Crippen molar-refractivity contribution in [1.82, 2.24) is 10.2 Å². The van der Waals surface area contributed by atoms with E-state index in [-0.39, 0.29) is 11.8 Å². The molecule has 0 bridgehead atoms. The summed E-state index contributed by atoms with van der Waals surface area (Å²) in [5, 5.41) is 2.75. The second-order valence-corrected chi connectivity index (χ2v) is 6.00. The highest BCUT2D eigenvalue weighted by Gasteiger charge is 2.25. The molecule has 25 heavy (non-hydrogen) atoms. The van der Waals surface area contributed by atoms with E-state index in [9.17, 15) is 9.59 Å². The molecule has 2 rings (SSSR count). The molecule has 7 nitrogen and oxygen atoms in total. The van der Waals surface area contributed by atoms with E-state index >= 15 is 0 Å². The first-order valence-corrected chi connectivity index (χ1v) is 8.41. The minimum Gasteiger partial charge on any atom is -0.493 e. The highest BCUT2D eigenvalue weighted by Crippen LogP contribution is 2.38. The number of nitrogens with one attached hydrogen (secondary N) is 1. The smallest absolute Gasteiger partial charge is 0.252 e. The fraction of sp³-hybridized carbons (Fsp3) is 0.556. The molecule has 1 saturated heterocycles. The van der Waals surface area contributed by atoms with Crippen LogP contribution in [-0.4, -0.2) is 57.2 Å². The molecule has 138 valence electrons. The van der Waals surface area contributed by atoms with Gasteiger partial charge in [0, 0.05) is 18.7 Å². The van der Waals surface area contributed by atoms with E-state index in [0.717, 1.165) is 32.4 Å². The minimum absolute atomic E-state index is 0.0551. The van der Waals surface area contributed by atoms with Gasteiger partial charge in [-0.1, -0.05) is 0 Å². The zero-order valence-electron chi connectivity index (χ0n) is 15.3. The number of benzene rings is 1. The molecular formula is C18H26N2O5. The van der Waals surface area contributed by atoms with Crippen LogP contribution in [-0.2, 0) is 4.79 Å². The van der Waals surface area contributed by atoms with Crippen LogP contribution in [0.15, 0.2) is 12.1 Å². The summed E-state index contributed by atoms with van der Waals surface area (Å²) in [5.41, 5.74) is 0.341. The van der Waals surface area contributed by atoms with Gasteiger partial charge in [-0.3, -0.25) is 9.59 Å². The Kier molecular flexibility index (Phi) is 6.50. The first kappa shape index (κ1) is 18.9. The number of rotatable bonds is 6. The normalized spacial score (nSPS) is 15.3. The van der Waals surface area contributed by atoms with E-state index < -0.39 is 6.04 Å². The van der Waals surface area contributed by atoms with Crippen molar-refractivity contribution >= 4 is 11.8 Å². The summed E-state index contributed by atoms with van der Waals surface area (Å²) in [7, 11) is 4.47. The quantitative estimate of drug-likeness (QED) is 0.847. The van der Waals surface area contributed by atoms with Crippen molar-refractivity contribution in [3.63, 3.8) is 0 Å². The predicted octanol–water partition coefficient (Wildman–Crippen LogP) is 1.84. The van der Waals surface area contributed by atoms with Crippen molar-refractivity contribution in [2.24, 2.45) is 0 Å². The second kappa shape index (κ2) is 8.60. The van der Waals surface area contributed by atoms with Crippen LogP contribution in [0.1, 0.15) is 36.5 Å². The van der Waals surface area contributed by atoms with E-state index in [1.165, 1.54) is 21.3 Å². The molecule has 1 N–H and O–H groups in total. The van der Waals surface area contributed by atoms with E-state index in [4.69, 9.17) is 14.2 Å². The monoisotopic (exact) mass is 350 g/mol. The van der Waals surface area contributed by atoms with Gasteiger partial charge in [0.25, 0.3) is 5.91 Å². The molecule has 1 fully saturated rings. The van der Waals surface area contributed by atoms with Crippen molar-refractivity contribution in [2.75, 3.05) is 34.4 Å². The molecule has 0 radical (unpaired) electrons. The van der Waals surface area contributed by atoms with Crippen molar-refractivity contribution in [1.29, 1.82) is 0 Å². The Morgan fingerprint density at radius 3 is 2.04 bits per heavy atom. The second-order valence-electron chi connectivity index (χ2n) is 6.00. The van der Waals surface area contributed by atoms with Crippen LogP contribution in [0.5, 0.6) is 17.2 Å². The number of carbonyl (C=O) groups excluding carboxylic acids is 2. The summed E-state index contributed by atoms with van der Waals surface area (Å²) in [5.74, 6) is 0.778. The van der Waals surface area contributed by atoms with E-state index in [2.05, 4.69) is 5.32 Å². The molecule has 1 aromatic rings. The van der Waals surface area contributed by atoms with Gasteiger partial charge in [-0.2, -0.15) is 0 Å². The van der Waals surface area contributed by atoms with Crippen molar-refractivity contribution in [3.05, 3.63) is 17.7 Å². The minimum atomic E-state index is -0.593. The van der Waals surface area contributed by atoms with Gasteiger partial charge in [0.05, 0.1) is 21.3 Å². The van der Waals surface area contributed by atoms with E-state index in [0.29, 0.717) is 22.8 Å².